The summed E-state index contributed by atoms with van der Waals surface area (Å²) in [6.07, 6.45) is 2.10. The van der Waals surface area contributed by atoms with E-state index < -0.39 is 15.6 Å². The number of anilines is 1. The van der Waals surface area contributed by atoms with Gasteiger partial charge in [-0.2, -0.15) is 0 Å². The molecule has 0 aliphatic carbocycles. The number of aromatic nitrogens is 1. The quantitative estimate of drug-likeness (QED) is 0.780. The van der Waals surface area contributed by atoms with Crippen molar-refractivity contribution in [3.05, 3.63) is 18.3 Å². The van der Waals surface area contributed by atoms with E-state index >= 15 is 0 Å². The van der Waals surface area contributed by atoms with E-state index in [9.17, 15) is 8.42 Å². The second-order valence-electron chi connectivity index (χ2n) is 4.62. The summed E-state index contributed by atoms with van der Waals surface area (Å²) in [6, 6.07) is 3.33. The van der Waals surface area contributed by atoms with Gasteiger partial charge in [-0.25, -0.2) is 18.1 Å². The third kappa shape index (κ3) is 3.09. The zero-order chi connectivity index (χ0) is 14.6. The summed E-state index contributed by atoms with van der Waals surface area (Å²) in [7, 11) is -0.489. The van der Waals surface area contributed by atoms with E-state index in [1.807, 2.05) is 0 Å². The molecule has 7 nitrogen and oxygen atoms in total. The van der Waals surface area contributed by atoms with Gasteiger partial charge < -0.3 is 14.8 Å². The van der Waals surface area contributed by atoms with E-state index in [2.05, 4.69) is 15.0 Å². The number of nitrogens with one attached hydrogen (secondary N) is 2. The standard InChI is InChI=1S/C12H19N3O4S/c1-13-10-4-3-6-14-11(10)20(16,17)15-8-12(18-2)5-7-19-9-12/h3-4,6,13,15H,5,7-9H2,1-2H3. The van der Waals surface area contributed by atoms with E-state index in [0.29, 0.717) is 25.3 Å². The van der Waals surface area contributed by atoms with Crippen LogP contribution < -0.4 is 10.0 Å². The van der Waals surface area contributed by atoms with Gasteiger partial charge in [0.2, 0.25) is 0 Å². The average molecular weight is 301 g/mol. The number of ether oxygens (including phenoxy) is 2. The van der Waals surface area contributed by atoms with Gasteiger partial charge in [0.05, 0.1) is 12.3 Å². The number of pyridine rings is 1. The lowest BCUT2D eigenvalue weighted by atomic mass is 10.0. The molecule has 1 aliphatic rings. The molecule has 8 heteroatoms. The maximum atomic E-state index is 12.3. The van der Waals surface area contributed by atoms with Crippen LogP contribution in [-0.4, -0.2) is 52.9 Å². The summed E-state index contributed by atoms with van der Waals surface area (Å²) >= 11 is 0. The molecule has 0 radical (unpaired) electrons. The molecule has 1 aliphatic heterocycles. The summed E-state index contributed by atoms with van der Waals surface area (Å²) in [5, 5.41) is 2.79. The van der Waals surface area contributed by atoms with E-state index in [4.69, 9.17) is 9.47 Å². The molecule has 2 N–H and O–H groups in total. The maximum absolute atomic E-state index is 12.3. The van der Waals surface area contributed by atoms with Crippen LogP contribution in [0.1, 0.15) is 6.42 Å². The first kappa shape index (κ1) is 15.2. The predicted octanol–water partition coefficient (Wildman–Crippen LogP) is 0.207. The van der Waals surface area contributed by atoms with Gasteiger partial charge in [-0.15, -0.1) is 0 Å². The van der Waals surface area contributed by atoms with Crippen molar-refractivity contribution < 1.29 is 17.9 Å². The Bertz CT molecular complexity index is 556. The molecule has 1 aromatic rings. The zero-order valence-electron chi connectivity index (χ0n) is 11.5. The van der Waals surface area contributed by atoms with Crippen LogP contribution in [0.5, 0.6) is 0 Å². The summed E-state index contributed by atoms with van der Waals surface area (Å²) < 4.78 is 37.9. The molecule has 2 heterocycles. The van der Waals surface area contributed by atoms with Crippen molar-refractivity contribution in [3.63, 3.8) is 0 Å². The molecular weight excluding hydrogens is 282 g/mol. The Morgan fingerprint density at radius 3 is 2.95 bits per heavy atom. The maximum Gasteiger partial charge on any atom is 0.260 e. The predicted molar refractivity (Wildman–Crippen MR) is 74.1 cm³/mol. The molecule has 20 heavy (non-hydrogen) atoms. The molecule has 112 valence electrons. The molecule has 0 bridgehead atoms. The van der Waals surface area contributed by atoms with Crippen LogP contribution in [0, 0.1) is 0 Å². The van der Waals surface area contributed by atoms with Gasteiger partial charge in [-0.3, -0.25) is 0 Å². The summed E-state index contributed by atoms with van der Waals surface area (Å²) in [5.74, 6) is 0. The van der Waals surface area contributed by atoms with E-state index in [-0.39, 0.29) is 11.6 Å². The highest BCUT2D eigenvalue weighted by atomic mass is 32.2. The number of sulfonamides is 1. The van der Waals surface area contributed by atoms with Gasteiger partial charge in [0.25, 0.3) is 10.0 Å². The molecule has 1 fully saturated rings. The SMILES string of the molecule is CNc1cccnc1S(=O)(=O)NCC1(OC)CCOC1. The van der Waals surface area contributed by atoms with Crippen molar-refractivity contribution in [2.45, 2.75) is 17.0 Å². The van der Waals surface area contributed by atoms with Crippen LogP contribution in [0.15, 0.2) is 23.4 Å². The third-order valence-corrected chi connectivity index (χ3v) is 4.74. The smallest absolute Gasteiger partial charge is 0.260 e. The Hall–Kier alpha value is -1.22. The minimum absolute atomic E-state index is 0.0207. The van der Waals surface area contributed by atoms with Gasteiger partial charge in [0.1, 0.15) is 5.60 Å². The number of nitrogens with zero attached hydrogens (tertiary/aromatic N) is 1. The van der Waals surface area contributed by atoms with Crippen LogP contribution >= 0.6 is 0 Å². The van der Waals surface area contributed by atoms with Crippen LogP contribution in [0.4, 0.5) is 5.69 Å². The molecule has 0 amide bonds. The normalized spacial score (nSPS) is 22.9. The molecule has 0 spiro atoms. The Balaban J connectivity index is 2.15. The summed E-state index contributed by atoms with van der Waals surface area (Å²) in [4.78, 5) is 3.93. The van der Waals surface area contributed by atoms with Gasteiger partial charge in [0.15, 0.2) is 5.03 Å². The monoisotopic (exact) mass is 301 g/mol. The van der Waals surface area contributed by atoms with E-state index in [1.54, 1.807) is 26.3 Å². The van der Waals surface area contributed by atoms with Crippen LogP contribution in [0.25, 0.3) is 0 Å². The third-order valence-electron chi connectivity index (χ3n) is 3.38. The molecule has 1 saturated heterocycles. The molecule has 1 atom stereocenters. The first-order chi connectivity index (χ1) is 9.53. The molecule has 1 unspecified atom stereocenters. The molecular formula is C12H19N3O4S. The first-order valence-corrected chi connectivity index (χ1v) is 7.77. The Kier molecular flexibility index (Phi) is 4.59. The van der Waals surface area contributed by atoms with Crippen molar-refractivity contribution >= 4 is 15.7 Å². The van der Waals surface area contributed by atoms with Crippen LogP contribution in [-0.2, 0) is 19.5 Å². The highest BCUT2D eigenvalue weighted by Crippen LogP contribution is 2.23. The van der Waals surface area contributed by atoms with Gasteiger partial charge >= 0.3 is 0 Å². The minimum Gasteiger partial charge on any atom is -0.386 e. The van der Waals surface area contributed by atoms with Crippen molar-refractivity contribution in [2.24, 2.45) is 0 Å². The van der Waals surface area contributed by atoms with Gasteiger partial charge in [-0.05, 0) is 12.1 Å². The van der Waals surface area contributed by atoms with Crippen molar-refractivity contribution in [3.8, 4) is 0 Å². The Labute approximate surface area is 118 Å². The molecule has 0 aromatic carbocycles. The van der Waals surface area contributed by atoms with E-state index in [0.717, 1.165) is 0 Å². The Morgan fingerprint density at radius 1 is 1.55 bits per heavy atom. The lowest BCUT2D eigenvalue weighted by Gasteiger charge is -2.25. The fraction of sp³-hybridized carbons (Fsp3) is 0.583. The fourth-order valence-electron chi connectivity index (χ4n) is 2.05. The second-order valence-corrected chi connectivity index (χ2v) is 6.30. The zero-order valence-corrected chi connectivity index (χ0v) is 12.4. The topological polar surface area (TPSA) is 89.6 Å². The molecule has 0 saturated carbocycles. The number of hydrogen-bond acceptors (Lipinski definition) is 6. The molecule has 1 aromatic heterocycles. The average Bonchev–Trinajstić information content (AvgIpc) is 2.95. The lowest BCUT2D eigenvalue weighted by molar-refractivity contribution is -0.0120. The van der Waals surface area contributed by atoms with Crippen molar-refractivity contribution in [2.75, 3.05) is 39.2 Å². The van der Waals surface area contributed by atoms with Crippen LogP contribution in [0.2, 0.25) is 0 Å². The van der Waals surface area contributed by atoms with E-state index in [1.165, 1.54) is 6.20 Å². The van der Waals surface area contributed by atoms with Crippen molar-refractivity contribution in [1.82, 2.24) is 9.71 Å². The lowest BCUT2D eigenvalue weighted by Crippen LogP contribution is -2.45. The highest BCUT2D eigenvalue weighted by Gasteiger charge is 2.36. The number of methoxy groups -OCH3 is 1. The number of hydrogen-bond donors (Lipinski definition) is 2. The molecule has 2 rings (SSSR count). The first-order valence-electron chi connectivity index (χ1n) is 6.28. The minimum atomic E-state index is -3.70. The second kappa shape index (κ2) is 6.04. The van der Waals surface area contributed by atoms with Crippen molar-refractivity contribution in [1.29, 1.82) is 0 Å². The van der Waals surface area contributed by atoms with Crippen LogP contribution in [0.3, 0.4) is 0 Å². The Morgan fingerprint density at radius 2 is 2.35 bits per heavy atom. The highest BCUT2D eigenvalue weighted by molar-refractivity contribution is 7.89. The summed E-state index contributed by atoms with van der Waals surface area (Å²) in [5.41, 5.74) is -0.143. The largest absolute Gasteiger partial charge is 0.386 e. The van der Waals surface area contributed by atoms with Gasteiger partial charge in [-0.1, -0.05) is 0 Å². The fourth-order valence-corrected chi connectivity index (χ4v) is 3.30. The van der Waals surface area contributed by atoms with Gasteiger partial charge in [0, 0.05) is 39.9 Å². The number of rotatable bonds is 6. The summed E-state index contributed by atoms with van der Waals surface area (Å²) in [6.45, 7) is 1.11.